The predicted octanol–water partition coefficient (Wildman–Crippen LogP) is 3.36. The lowest BCUT2D eigenvalue weighted by Crippen LogP contribution is -2.27. The number of anilines is 1. The van der Waals surface area contributed by atoms with Crippen LogP contribution in [0, 0.1) is 11.7 Å². The van der Waals surface area contributed by atoms with Crippen LogP contribution in [0.5, 0.6) is 0 Å². The quantitative estimate of drug-likeness (QED) is 0.598. The summed E-state index contributed by atoms with van der Waals surface area (Å²) < 4.78 is 2.09. The number of nitrogens with zero attached hydrogens (tertiary/aromatic N) is 3. The Labute approximate surface area is 179 Å². The number of amides is 2. The molecule has 8 heteroatoms. The summed E-state index contributed by atoms with van der Waals surface area (Å²) in [4.78, 5) is 26.2. The van der Waals surface area contributed by atoms with Crippen molar-refractivity contribution in [1.82, 2.24) is 20.1 Å². The smallest absolute Gasteiger partial charge is 0.240 e. The maximum absolute atomic E-state index is 12.5. The van der Waals surface area contributed by atoms with Crippen LogP contribution in [0.2, 0.25) is 0 Å². The number of rotatable bonds is 6. The highest BCUT2D eigenvalue weighted by molar-refractivity contribution is 7.71. The largest absolute Gasteiger partial charge is 0.350 e. The average Bonchev–Trinajstić information content (AvgIpc) is 3.33. The second-order valence-electron chi connectivity index (χ2n) is 7.40. The van der Waals surface area contributed by atoms with Gasteiger partial charge in [0.15, 0.2) is 10.6 Å². The van der Waals surface area contributed by atoms with E-state index in [1.807, 2.05) is 55.5 Å². The van der Waals surface area contributed by atoms with Gasteiger partial charge >= 0.3 is 0 Å². The van der Waals surface area contributed by atoms with E-state index in [4.69, 9.17) is 12.2 Å². The molecule has 0 saturated carbocycles. The zero-order chi connectivity index (χ0) is 21.1. The van der Waals surface area contributed by atoms with E-state index < -0.39 is 0 Å². The Kier molecular flexibility index (Phi) is 5.76. The van der Waals surface area contributed by atoms with Crippen molar-refractivity contribution in [3.05, 3.63) is 64.4 Å². The number of H-pyrrole nitrogens is 1. The minimum absolute atomic E-state index is 0.0822. The van der Waals surface area contributed by atoms with E-state index in [1.54, 1.807) is 9.47 Å². The number of nitrogens with one attached hydrogen (secondary N) is 2. The Morgan fingerprint density at radius 3 is 2.57 bits per heavy atom. The first-order chi connectivity index (χ1) is 14.5. The van der Waals surface area contributed by atoms with Crippen molar-refractivity contribution in [2.75, 3.05) is 11.4 Å². The number of aromatic nitrogens is 3. The van der Waals surface area contributed by atoms with Crippen molar-refractivity contribution >= 4 is 29.7 Å². The fraction of sp³-hybridized carbons (Fsp3) is 0.273. The molecule has 154 valence electrons. The van der Waals surface area contributed by atoms with Crippen LogP contribution in [0.25, 0.3) is 11.4 Å². The third kappa shape index (κ3) is 4.33. The molecule has 0 aliphatic carbocycles. The van der Waals surface area contributed by atoms with Crippen LogP contribution in [-0.2, 0) is 22.7 Å². The van der Waals surface area contributed by atoms with E-state index in [2.05, 4.69) is 15.5 Å². The van der Waals surface area contributed by atoms with E-state index in [1.165, 1.54) is 0 Å². The molecule has 3 aromatic rings. The van der Waals surface area contributed by atoms with Crippen molar-refractivity contribution in [3.8, 4) is 11.4 Å². The molecule has 0 unspecified atom stereocenters. The van der Waals surface area contributed by atoms with Gasteiger partial charge in [-0.05, 0) is 43.3 Å². The third-order valence-electron chi connectivity index (χ3n) is 5.18. The highest BCUT2D eigenvalue weighted by Gasteiger charge is 2.21. The van der Waals surface area contributed by atoms with Crippen LogP contribution in [0.1, 0.15) is 24.0 Å². The van der Waals surface area contributed by atoms with Crippen LogP contribution < -0.4 is 10.2 Å². The van der Waals surface area contributed by atoms with Gasteiger partial charge in [0.05, 0.1) is 0 Å². The van der Waals surface area contributed by atoms with Gasteiger partial charge in [-0.15, -0.1) is 0 Å². The van der Waals surface area contributed by atoms with E-state index in [0.29, 0.717) is 23.6 Å². The first-order valence-corrected chi connectivity index (χ1v) is 10.3. The standard InChI is InChI=1S/C22H23N5O2S/c1-15-4-8-17(9-5-15)21-24-25-22(30)27(21)14-19(28)23-13-16-6-10-18(11-7-16)26-12-2-3-20(26)29/h4-11H,2-3,12-14H2,1H3,(H,23,28)(H,25,30). The number of aryl methyl sites for hydroxylation is 1. The molecular formula is C22H23N5O2S. The molecule has 2 N–H and O–H groups in total. The van der Waals surface area contributed by atoms with Crippen molar-refractivity contribution in [3.63, 3.8) is 0 Å². The van der Waals surface area contributed by atoms with Crippen molar-refractivity contribution in [2.24, 2.45) is 0 Å². The fourth-order valence-corrected chi connectivity index (χ4v) is 3.70. The van der Waals surface area contributed by atoms with Crippen molar-refractivity contribution in [2.45, 2.75) is 32.9 Å². The maximum atomic E-state index is 12.5. The lowest BCUT2D eigenvalue weighted by Gasteiger charge is -2.16. The van der Waals surface area contributed by atoms with Crippen LogP contribution in [0.3, 0.4) is 0 Å². The summed E-state index contributed by atoms with van der Waals surface area (Å²) >= 11 is 5.30. The zero-order valence-electron chi connectivity index (χ0n) is 16.7. The Bertz CT molecular complexity index is 1120. The van der Waals surface area contributed by atoms with Gasteiger partial charge in [-0.1, -0.05) is 42.0 Å². The summed E-state index contributed by atoms with van der Waals surface area (Å²) in [6.07, 6.45) is 1.51. The predicted molar refractivity (Wildman–Crippen MR) is 117 cm³/mol. The number of benzene rings is 2. The average molecular weight is 422 g/mol. The summed E-state index contributed by atoms with van der Waals surface area (Å²) in [7, 11) is 0. The Hall–Kier alpha value is -3.26. The normalized spacial score (nSPS) is 13.6. The number of hydrogen-bond acceptors (Lipinski definition) is 4. The van der Waals surface area contributed by atoms with Gasteiger partial charge in [0.1, 0.15) is 6.54 Å². The Morgan fingerprint density at radius 1 is 1.17 bits per heavy atom. The summed E-state index contributed by atoms with van der Waals surface area (Å²) in [6.45, 7) is 3.27. The fourth-order valence-electron chi connectivity index (χ4n) is 3.50. The molecule has 1 saturated heterocycles. The first-order valence-electron chi connectivity index (χ1n) is 9.89. The number of aromatic amines is 1. The summed E-state index contributed by atoms with van der Waals surface area (Å²) in [5, 5.41) is 9.97. The number of carbonyl (C=O) groups is 2. The Balaban J connectivity index is 1.39. The second-order valence-corrected chi connectivity index (χ2v) is 7.78. The molecule has 0 atom stereocenters. The molecule has 30 heavy (non-hydrogen) atoms. The molecule has 1 aliphatic rings. The van der Waals surface area contributed by atoms with Gasteiger partial charge in [0.2, 0.25) is 11.8 Å². The highest BCUT2D eigenvalue weighted by atomic mass is 32.1. The van der Waals surface area contributed by atoms with E-state index >= 15 is 0 Å². The van der Waals surface area contributed by atoms with E-state index in [-0.39, 0.29) is 18.4 Å². The molecule has 1 fully saturated rings. The lowest BCUT2D eigenvalue weighted by atomic mass is 10.1. The van der Waals surface area contributed by atoms with Gasteiger partial charge in [-0.3, -0.25) is 19.3 Å². The topological polar surface area (TPSA) is 83.0 Å². The molecule has 1 aromatic heterocycles. The van der Waals surface area contributed by atoms with Gasteiger partial charge in [-0.2, -0.15) is 5.10 Å². The molecule has 2 amide bonds. The van der Waals surface area contributed by atoms with Gasteiger partial charge < -0.3 is 10.2 Å². The van der Waals surface area contributed by atoms with Crippen LogP contribution in [0.15, 0.2) is 48.5 Å². The molecule has 4 rings (SSSR count). The maximum Gasteiger partial charge on any atom is 0.240 e. The second kappa shape index (κ2) is 8.62. The van der Waals surface area contributed by atoms with Gasteiger partial charge in [0.25, 0.3) is 0 Å². The minimum Gasteiger partial charge on any atom is -0.350 e. The number of carbonyl (C=O) groups excluding carboxylic acids is 2. The molecule has 0 bridgehead atoms. The summed E-state index contributed by atoms with van der Waals surface area (Å²) in [5.74, 6) is 0.645. The highest BCUT2D eigenvalue weighted by Crippen LogP contribution is 2.21. The SMILES string of the molecule is Cc1ccc(-c2n[nH]c(=S)n2CC(=O)NCc2ccc(N3CCCC3=O)cc2)cc1. The molecule has 2 aromatic carbocycles. The van der Waals surface area contributed by atoms with Crippen LogP contribution in [-0.4, -0.2) is 33.1 Å². The molecule has 2 heterocycles. The van der Waals surface area contributed by atoms with Crippen LogP contribution in [0.4, 0.5) is 5.69 Å². The molecule has 1 aliphatic heterocycles. The lowest BCUT2D eigenvalue weighted by molar-refractivity contribution is -0.121. The summed E-state index contributed by atoms with van der Waals surface area (Å²) in [5.41, 5.74) is 3.92. The molecule has 0 radical (unpaired) electrons. The van der Waals surface area contributed by atoms with E-state index in [9.17, 15) is 9.59 Å². The first kappa shape index (κ1) is 20.0. The van der Waals surface area contributed by atoms with Crippen LogP contribution >= 0.6 is 12.2 Å². The van der Waals surface area contributed by atoms with Gasteiger partial charge in [0, 0.05) is 30.8 Å². The number of hydrogen-bond donors (Lipinski definition) is 2. The third-order valence-corrected chi connectivity index (χ3v) is 5.49. The van der Waals surface area contributed by atoms with Crippen molar-refractivity contribution < 1.29 is 9.59 Å². The molecular weight excluding hydrogens is 398 g/mol. The molecule has 7 nitrogen and oxygen atoms in total. The minimum atomic E-state index is -0.153. The molecule has 0 spiro atoms. The summed E-state index contributed by atoms with van der Waals surface area (Å²) in [6, 6.07) is 15.6. The van der Waals surface area contributed by atoms with Crippen molar-refractivity contribution in [1.29, 1.82) is 0 Å². The van der Waals surface area contributed by atoms with Gasteiger partial charge in [-0.25, -0.2) is 0 Å². The Morgan fingerprint density at radius 2 is 1.90 bits per heavy atom. The monoisotopic (exact) mass is 421 g/mol. The zero-order valence-corrected chi connectivity index (χ0v) is 17.5. The van der Waals surface area contributed by atoms with E-state index in [0.717, 1.165) is 35.3 Å².